The lowest BCUT2D eigenvalue weighted by Crippen LogP contribution is -2.30. The second-order valence-corrected chi connectivity index (χ2v) is 6.87. The topological polar surface area (TPSA) is 80.9 Å². The standard InChI is InChI=1S/C18H18N4O2S/c1-12-5-7-14(8-6-12)10-20-16(23)13(2)25-18-22-21-17(24-18)15-4-3-9-19-11-15/h3-9,11,13H,10H2,1-2H3,(H,20,23)/t13-/m0/s1. The van der Waals surface area contributed by atoms with Crippen LogP contribution < -0.4 is 5.32 Å². The molecule has 0 aliphatic carbocycles. The predicted octanol–water partition coefficient (Wildman–Crippen LogP) is 3.24. The molecule has 128 valence electrons. The van der Waals surface area contributed by atoms with Crippen molar-refractivity contribution in [1.29, 1.82) is 0 Å². The summed E-state index contributed by atoms with van der Waals surface area (Å²) >= 11 is 1.23. The van der Waals surface area contributed by atoms with Gasteiger partial charge in [-0.15, -0.1) is 10.2 Å². The van der Waals surface area contributed by atoms with Gasteiger partial charge in [0.15, 0.2) is 0 Å². The highest BCUT2D eigenvalue weighted by Gasteiger charge is 2.18. The minimum absolute atomic E-state index is 0.0771. The molecular formula is C18H18N4O2S. The van der Waals surface area contributed by atoms with Gasteiger partial charge in [-0.1, -0.05) is 41.6 Å². The number of aromatic nitrogens is 3. The van der Waals surface area contributed by atoms with Crippen LogP contribution in [-0.2, 0) is 11.3 Å². The van der Waals surface area contributed by atoms with Gasteiger partial charge in [-0.2, -0.15) is 0 Å². The van der Waals surface area contributed by atoms with Crippen LogP contribution in [0, 0.1) is 6.92 Å². The molecule has 6 nitrogen and oxygen atoms in total. The monoisotopic (exact) mass is 354 g/mol. The normalized spacial score (nSPS) is 11.9. The van der Waals surface area contributed by atoms with Gasteiger partial charge in [0.05, 0.1) is 10.8 Å². The number of benzene rings is 1. The number of rotatable bonds is 6. The van der Waals surface area contributed by atoms with Crippen LogP contribution in [-0.4, -0.2) is 26.3 Å². The van der Waals surface area contributed by atoms with Crippen molar-refractivity contribution in [2.24, 2.45) is 0 Å². The fraction of sp³-hybridized carbons (Fsp3) is 0.222. The molecule has 0 saturated carbocycles. The van der Waals surface area contributed by atoms with Gasteiger partial charge in [-0.25, -0.2) is 0 Å². The van der Waals surface area contributed by atoms with Crippen LogP contribution in [0.4, 0.5) is 0 Å². The molecule has 3 aromatic rings. The number of amides is 1. The summed E-state index contributed by atoms with van der Waals surface area (Å²) in [6, 6.07) is 11.7. The van der Waals surface area contributed by atoms with E-state index in [9.17, 15) is 4.79 Å². The maximum Gasteiger partial charge on any atom is 0.277 e. The Balaban J connectivity index is 1.54. The summed E-state index contributed by atoms with van der Waals surface area (Å²) in [5, 5.41) is 10.9. The average Bonchev–Trinajstić information content (AvgIpc) is 3.10. The Morgan fingerprint density at radius 2 is 2.04 bits per heavy atom. The van der Waals surface area contributed by atoms with Crippen LogP contribution >= 0.6 is 11.8 Å². The molecule has 7 heteroatoms. The van der Waals surface area contributed by atoms with E-state index in [1.165, 1.54) is 17.3 Å². The number of carbonyl (C=O) groups excluding carboxylic acids is 1. The van der Waals surface area contributed by atoms with Crippen molar-refractivity contribution >= 4 is 17.7 Å². The molecule has 2 aromatic heterocycles. The third kappa shape index (κ3) is 4.67. The van der Waals surface area contributed by atoms with Crippen LogP contribution in [0.2, 0.25) is 0 Å². The van der Waals surface area contributed by atoms with Crippen LogP contribution in [0.15, 0.2) is 58.4 Å². The number of pyridine rings is 1. The summed E-state index contributed by atoms with van der Waals surface area (Å²) in [5.41, 5.74) is 3.01. The van der Waals surface area contributed by atoms with E-state index in [-0.39, 0.29) is 11.2 Å². The highest BCUT2D eigenvalue weighted by atomic mass is 32.2. The van der Waals surface area contributed by atoms with Crippen molar-refractivity contribution in [2.75, 3.05) is 0 Å². The molecule has 25 heavy (non-hydrogen) atoms. The van der Waals surface area contributed by atoms with Gasteiger partial charge in [-0.3, -0.25) is 9.78 Å². The van der Waals surface area contributed by atoms with Gasteiger partial charge in [0.2, 0.25) is 11.8 Å². The van der Waals surface area contributed by atoms with Gasteiger partial charge < -0.3 is 9.73 Å². The highest BCUT2D eigenvalue weighted by Crippen LogP contribution is 2.25. The van der Waals surface area contributed by atoms with Gasteiger partial charge in [0.1, 0.15) is 0 Å². The minimum Gasteiger partial charge on any atom is -0.411 e. The van der Waals surface area contributed by atoms with Gasteiger partial charge in [0, 0.05) is 18.9 Å². The molecule has 0 radical (unpaired) electrons. The molecule has 0 spiro atoms. The minimum atomic E-state index is -0.340. The Kier molecular flexibility index (Phi) is 5.45. The predicted molar refractivity (Wildman–Crippen MR) is 95.9 cm³/mol. The maximum atomic E-state index is 12.2. The average molecular weight is 354 g/mol. The zero-order valence-corrected chi connectivity index (χ0v) is 14.8. The second kappa shape index (κ2) is 7.94. The highest BCUT2D eigenvalue weighted by molar-refractivity contribution is 8.00. The molecule has 0 saturated heterocycles. The number of thioether (sulfide) groups is 1. The van der Waals surface area contributed by atoms with Crippen LogP contribution in [0.3, 0.4) is 0 Å². The summed E-state index contributed by atoms with van der Waals surface area (Å²) in [6.45, 7) is 4.34. The zero-order chi connectivity index (χ0) is 17.6. The molecule has 1 N–H and O–H groups in total. The smallest absolute Gasteiger partial charge is 0.277 e. The van der Waals surface area contributed by atoms with E-state index in [0.717, 1.165) is 11.1 Å². The fourth-order valence-electron chi connectivity index (χ4n) is 2.11. The summed E-state index contributed by atoms with van der Waals surface area (Å²) in [7, 11) is 0. The van der Waals surface area contributed by atoms with Crippen LogP contribution in [0.5, 0.6) is 0 Å². The number of aryl methyl sites for hydroxylation is 1. The summed E-state index contributed by atoms with van der Waals surface area (Å²) in [4.78, 5) is 16.3. The Labute approximate surface area is 150 Å². The number of nitrogens with zero attached hydrogens (tertiary/aromatic N) is 3. The van der Waals surface area contributed by atoms with Crippen molar-refractivity contribution in [3.63, 3.8) is 0 Å². The number of hydrogen-bond donors (Lipinski definition) is 1. The Hall–Kier alpha value is -2.67. The molecule has 0 bridgehead atoms. The first kappa shape index (κ1) is 17.2. The lowest BCUT2D eigenvalue weighted by Gasteiger charge is -2.10. The maximum absolute atomic E-state index is 12.2. The Morgan fingerprint density at radius 3 is 2.76 bits per heavy atom. The fourth-order valence-corrected chi connectivity index (χ4v) is 2.81. The van der Waals surface area contributed by atoms with E-state index in [0.29, 0.717) is 17.7 Å². The van der Waals surface area contributed by atoms with E-state index >= 15 is 0 Å². The van der Waals surface area contributed by atoms with Gasteiger partial charge in [0.25, 0.3) is 5.22 Å². The van der Waals surface area contributed by atoms with E-state index in [1.54, 1.807) is 18.5 Å². The first-order chi connectivity index (χ1) is 12.1. The number of carbonyl (C=O) groups is 1. The molecule has 0 unspecified atom stereocenters. The SMILES string of the molecule is Cc1ccc(CNC(=O)[C@H](C)Sc2nnc(-c3cccnc3)o2)cc1. The van der Waals surface area contributed by atoms with Crippen molar-refractivity contribution in [1.82, 2.24) is 20.5 Å². The third-order valence-electron chi connectivity index (χ3n) is 3.55. The van der Waals surface area contributed by atoms with Crippen molar-refractivity contribution in [2.45, 2.75) is 30.9 Å². The molecule has 1 amide bonds. The van der Waals surface area contributed by atoms with Gasteiger partial charge >= 0.3 is 0 Å². The molecule has 1 atom stereocenters. The molecule has 3 rings (SSSR count). The lowest BCUT2D eigenvalue weighted by atomic mass is 10.1. The molecular weight excluding hydrogens is 336 g/mol. The van der Waals surface area contributed by atoms with Crippen LogP contribution in [0.1, 0.15) is 18.1 Å². The quantitative estimate of drug-likeness (QED) is 0.685. The van der Waals surface area contributed by atoms with E-state index < -0.39 is 0 Å². The van der Waals surface area contributed by atoms with Gasteiger partial charge in [-0.05, 0) is 31.5 Å². The Morgan fingerprint density at radius 1 is 1.24 bits per heavy atom. The molecule has 1 aromatic carbocycles. The molecule has 0 aliphatic heterocycles. The third-order valence-corrected chi connectivity index (χ3v) is 4.48. The molecule has 0 aliphatic rings. The molecule has 0 fully saturated rings. The Bertz CT molecular complexity index is 834. The first-order valence-electron chi connectivity index (χ1n) is 7.85. The summed E-state index contributed by atoms with van der Waals surface area (Å²) < 4.78 is 5.59. The van der Waals surface area contributed by atoms with Crippen LogP contribution in [0.25, 0.3) is 11.5 Å². The summed E-state index contributed by atoms with van der Waals surface area (Å²) in [5.74, 6) is 0.314. The number of nitrogens with one attached hydrogen (secondary N) is 1. The van der Waals surface area contributed by atoms with E-state index in [2.05, 4.69) is 20.5 Å². The lowest BCUT2D eigenvalue weighted by molar-refractivity contribution is -0.120. The zero-order valence-electron chi connectivity index (χ0n) is 14.0. The largest absolute Gasteiger partial charge is 0.411 e. The second-order valence-electron chi connectivity index (χ2n) is 5.58. The molecule has 2 heterocycles. The first-order valence-corrected chi connectivity index (χ1v) is 8.73. The van der Waals surface area contributed by atoms with E-state index in [4.69, 9.17) is 4.42 Å². The van der Waals surface area contributed by atoms with Crippen molar-refractivity contribution in [3.05, 3.63) is 59.9 Å². The van der Waals surface area contributed by atoms with E-state index in [1.807, 2.05) is 44.2 Å². The van der Waals surface area contributed by atoms with Crippen molar-refractivity contribution in [3.8, 4) is 11.5 Å². The number of hydrogen-bond acceptors (Lipinski definition) is 6. The summed E-state index contributed by atoms with van der Waals surface area (Å²) in [6.07, 6.45) is 3.33. The van der Waals surface area contributed by atoms with Crippen molar-refractivity contribution < 1.29 is 9.21 Å².